The first-order valence-electron chi connectivity index (χ1n) is 4.23. The second-order valence-corrected chi connectivity index (χ2v) is 3.48. The van der Waals surface area contributed by atoms with Gasteiger partial charge in [-0.3, -0.25) is 0 Å². The molecule has 1 N–H and O–H groups in total. The molecule has 1 aromatic carbocycles. The SMILES string of the molecule is O=C(O)c1cc(-c2cc(F)cc(Cl)c2)on1. The van der Waals surface area contributed by atoms with Crippen LogP contribution in [0.25, 0.3) is 11.3 Å². The van der Waals surface area contributed by atoms with E-state index in [-0.39, 0.29) is 16.5 Å². The minimum absolute atomic E-state index is 0.152. The van der Waals surface area contributed by atoms with Crippen molar-refractivity contribution in [2.24, 2.45) is 0 Å². The first kappa shape index (κ1) is 10.6. The van der Waals surface area contributed by atoms with Crippen molar-refractivity contribution < 1.29 is 18.8 Å². The summed E-state index contributed by atoms with van der Waals surface area (Å²) in [6, 6.07) is 4.97. The van der Waals surface area contributed by atoms with Gasteiger partial charge in [0.2, 0.25) is 0 Å². The van der Waals surface area contributed by atoms with E-state index in [1.54, 1.807) is 0 Å². The molecule has 0 saturated heterocycles. The zero-order valence-corrected chi connectivity index (χ0v) is 8.53. The van der Waals surface area contributed by atoms with E-state index in [0.29, 0.717) is 5.56 Å². The topological polar surface area (TPSA) is 63.3 Å². The van der Waals surface area contributed by atoms with E-state index in [4.69, 9.17) is 21.2 Å². The van der Waals surface area contributed by atoms with Crippen LogP contribution in [-0.4, -0.2) is 16.2 Å². The van der Waals surface area contributed by atoms with Crippen molar-refractivity contribution in [1.29, 1.82) is 0 Å². The zero-order valence-electron chi connectivity index (χ0n) is 7.78. The molecule has 0 aliphatic rings. The van der Waals surface area contributed by atoms with E-state index >= 15 is 0 Å². The lowest BCUT2D eigenvalue weighted by Gasteiger charge is -1.96. The second-order valence-electron chi connectivity index (χ2n) is 3.04. The molecule has 0 bridgehead atoms. The van der Waals surface area contributed by atoms with Crippen LogP contribution >= 0.6 is 11.6 Å². The molecule has 0 aliphatic heterocycles. The molecule has 0 unspecified atom stereocenters. The van der Waals surface area contributed by atoms with Gasteiger partial charge in [-0.1, -0.05) is 16.8 Å². The summed E-state index contributed by atoms with van der Waals surface area (Å²) < 4.78 is 17.8. The lowest BCUT2D eigenvalue weighted by Crippen LogP contribution is -1.94. The fraction of sp³-hybridized carbons (Fsp3) is 0. The molecule has 2 aromatic rings. The number of carbonyl (C=O) groups is 1. The van der Waals surface area contributed by atoms with Crippen LogP contribution in [0.4, 0.5) is 4.39 Å². The lowest BCUT2D eigenvalue weighted by molar-refractivity contribution is 0.0686. The highest BCUT2D eigenvalue weighted by Gasteiger charge is 2.13. The van der Waals surface area contributed by atoms with Crippen LogP contribution in [0.15, 0.2) is 28.8 Å². The Balaban J connectivity index is 2.46. The van der Waals surface area contributed by atoms with Crippen molar-refractivity contribution in [1.82, 2.24) is 5.16 Å². The van der Waals surface area contributed by atoms with E-state index in [1.165, 1.54) is 18.2 Å². The molecule has 16 heavy (non-hydrogen) atoms. The molecule has 0 spiro atoms. The van der Waals surface area contributed by atoms with E-state index in [0.717, 1.165) is 6.07 Å². The molecule has 0 fully saturated rings. The van der Waals surface area contributed by atoms with Crippen LogP contribution in [0.1, 0.15) is 10.5 Å². The Kier molecular flexibility index (Phi) is 2.62. The standard InChI is InChI=1S/C10H5ClFNO3/c11-6-1-5(2-7(12)3-6)9-4-8(10(14)15)13-16-9/h1-4H,(H,14,15). The van der Waals surface area contributed by atoms with Crippen LogP contribution in [0.2, 0.25) is 5.02 Å². The molecule has 1 aromatic heterocycles. The zero-order chi connectivity index (χ0) is 11.7. The number of hydrogen-bond donors (Lipinski definition) is 1. The van der Waals surface area contributed by atoms with Crippen LogP contribution < -0.4 is 0 Å². The largest absolute Gasteiger partial charge is 0.476 e. The average molecular weight is 242 g/mol. The van der Waals surface area contributed by atoms with E-state index in [2.05, 4.69) is 5.16 Å². The predicted octanol–water partition coefficient (Wildman–Crippen LogP) is 2.83. The van der Waals surface area contributed by atoms with Crippen molar-refractivity contribution in [2.45, 2.75) is 0 Å². The van der Waals surface area contributed by atoms with Gasteiger partial charge in [-0.15, -0.1) is 0 Å². The number of aromatic nitrogens is 1. The first-order chi connectivity index (χ1) is 7.56. The third kappa shape index (κ3) is 2.04. The third-order valence-corrected chi connectivity index (χ3v) is 2.09. The normalized spacial score (nSPS) is 10.4. The summed E-state index contributed by atoms with van der Waals surface area (Å²) in [5.41, 5.74) is 0.0976. The summed E-state index contributed by atoms with van der Waals surface area (Å²) in [5.74, 6) is -1.59. The Labute approximate surface area is 94.2 Å². The predicted molar refractivity (Wildman–Crippen MR) is 53.9 cm³/mol. The van der Waals surface area contributed by atoms with Gasteiger partial charge in [0.05, 0.1) is 0 Å². The van der Waals surface area contributed by atoms with Gasteiger partial charge in [0, 0.05) is 16.7 Å². The van der Waals surface area contributed by atoms with Crippen molar-refractivity contribution >= 4 is 17.6 Å². The second kappa shape index (κ2) is 3.94. The van der Waals surface area contributed by atoms with Gasteiger partial charge in [0.15, 0.2) is 11.5 Å². The van der Waals surface area contributed by atoms with E-state index in [1.807, 2.05) is 0 Å². The number of hydrogen-bond acceptors (Lipinski definition) is 3. The van der Waals surface area contributed by atoms with Crippen molar-refractivity contribution in [2.75, 3.05) is 0 Å². The van der Waals surface area contributed by atoms with Gasteiger partial charge in [0.1, 0.15) is 5.82 Å². The van der Waals surface area contributed by atoms with Gasteiger partial charge in [-0.25, -0.2) is 9.18 Å². The molecular formula is C10H5ClFNO3. The van der Waals surface area contributed by atoms with Crippen LogP contribution in [0.5, 0.6) is 0 Å². The summed E-state index contributed by atoms with van der Waals surface area (Å²) in [5, 5.41) is 12.1. The Hall–Kier alpha value is -1.88. The monoisotopic (exact) mass is 241 g/mol. The molecule has 0 radical (unpaired) electrons. The highest BCUT2D eigenvalue weighted by Crippen LogP contribution is 2.24. The van der Waals surface area contributed by atoms with Crippen molar-refractivity contribution in [3.8, 4) is 11.3 Å². The average Bonchev–Trinajstić information content (AvgIpc) is 2.64. The minimum atomic E-state index is -1.21. The van der Waals surface area contributed by atoms with Crippen LogP contribution in [0, 0.1) is 5.82 Å². The number of carboxylic acid groups (broad SMARTS) is 1. The number of aromatic carboxylic acids is 1. The maximum Gasteiger partial charge on any atom is 0.358 e. The molecule has 6 heteroatoms. The Morgan fingerprint density at radius 3 is 2.69 bits per heavy atom. The summed E-state index contributed by atoms with van der Waals surface area (Å²) in [7, 11) is 0. The maximum atomic E-state index is 13.0. The van der Waals surface area contributed by atoms with Gasteiger partial charge >= 0.3 is 5.97 Å². The first-order valence-corrected chi connectivity index (χ1v) is 4.60. The van der Waals surface area contributed by atoms with Crippen LogP contribution in [0.3, 0.4) is 0 Å². The quantitative estimate of drug-likeness (QED) is 0.878. The number of halogens is 2. The van der Waals surface area contributed by atoms with E-state index < -0.39 is 11.8 Å². The number of rotatable bonds is 2. The van der Waals surface area contributed by atoms with Crippen molar-refractivity contribution in [3.63, 3.8) is 0 Å². The number of carboxylic acids is 1. The summed E-state index contributed by atoms with van der Waals surface area (Å²) in [6.45, 7) is 0. The molecule has 82 valence electrons. The molecule has 4 nitrogen and oxygen atoms in total. The molecule has 0 amide bonds. The van der Waals surface area contributed by atoms with Gasteiger partial charge < -0.3 is 9.63 Å². The van der Waals surface area contributed by atoms with Crippen LogP contribution in [-0.2, 0) is 0 Å². The molecule has 2 rings (SSSR count). The third-order valence-electron chi connectivity index (χ3n) is 1.88. The maximum absolute atomic E-state index is 13.0. The smallest absolute Gasteiger partial charge is 0.358 e. The molecule has 0 atom stereocenters. The summed E-state index contributed by atoms with van der Waals surface area (Å²) in [4.78, 5) is 10.6. The Morgan fingerprint density at radius 2 is 2.12 bits per heavy atom. The Bertz CT molecular complexity index is 532. The fourth-order valence-corrected chi connectivity index (χ4v) is 1.43. The van der Waals surface area contributed by atoms with Crippen molar-refractivity contribution in [3.05, 3.63) is 40.8 Å². The molecule has 0 saturated carbocycles. The van der Waals surface area contributed by atoms with E-state index in [9.17, 15) is 9.18 Å². The fourth-order valence-electron chi connectivity index (χ4n) is 1.21. The highest BCUT2D eigenvalue weighted by atomic mass is 35.5. The van der Waals surface area contributed by atoms with Gasteiger partial charge in [0.25, 0.3) is 0 Å². The molecule has 0 aliphatic carbocycles. The lowest BCUT2D eigenvalue weighted by atomic mass is 10.1. The van der Waals surface area contributed by atoms with Gasteiger partial charge in [-0.2, -0.15) is 0 Å². The summed E-state index contributed by atoms with van der Waals surface area (Å²) in [6.07, 6.45) is 0. The summed E-state index contributed by atoms with van der Waals surface area (Å²) >= 11 is 5.65. The Morgan fingerprint density at radius 1 is 1.38 bits per heavy atom. The highest BCUT2D eigenvalue weighted by molar-refractivity contribution is 6.30. The molecular weight excluding hydrogens is 237 g/mol. The van der Waals surface area contributed by atoms with Gasteiger partial charge in [-0.05, 0) is 18.2 Å². The minimum Gasteiger partial charge on any atom is -0.476 e. The number of benzene rings is 1. The molecule has 1 heterocycles. The number of nitrogens with zero attached hydrogens (tertiary/aromatic N) is 1.